The molecular formula is C72H98N8O16. The van der Waals surface area contributed by atoms with Gasteiger partial charge in [-0.3, -0.25) is 0 Å². The summed E-state index contributed by atoms with van der Waals surface area (Å²) < 4.78 is 96.0. The fourth-order valence-corrected chi connectivity index (χ4v) is 11.0. The summed E-state index contributed by atoms with van der Waals surface area (Å²) in [6, 6.07) is 16.7. The Bertz CT molecular complexity index is 3250. The Balaban J connectivity index is 1.36. The molecule has 4 aromatic carbocycles. The molecule has 522 valence electrons. The van der Waals surface area contributed by atoms with E-state index in [9.17, 15) is 0 Å². The van der Waals surface area contributed by atoms with Gasteiger partial charge in [0.25, 0.3) is 0 Å². The Hall–Kier alpha value is -6.40. The van der Waals surface area contributed by atoms with Crippen LogP contribution in [0.2, 0.25) is 0 Å². The summed E-state index contributed by atoms with van der Waals surface area (Å²) in [5.41, 5.74) is 12.1. The topological polar surface area (TPSA) is 257 Å². The average molecular weight is 1330 g/mol. The number of benzene rings is 4. The Morgan fingerprint density at radius 3 is 0.531 bits per heavy atom. The molecule has 0 unspecified atom stereocenters. The van der Waals surface area contributed by atoms with E-state index < -0.39 is 0 Å². The van der Waals surface area contributed by atoms with Crippen molar-refractivity contribution in [3.05, 3.63) is 93.0 Å². The van der Waals surface area contributed by atoms with E-state index >= 15 is 0 Å². The first-order valence-electron chi connectivity index (χ1n) is 34.0. The van der Waals surface area contributed by atoms with Gasteiger partial charge < -0.3 is 85.8 Å². The van der Waals surface area contributed by atoms with E-state index in [1.807, 2.05) is 55.4 Å². The Morgan fingerprint density at radius 1 is 0.208 bits per heavy atom. The van der Waals surface area contributed by atoms with Crippen molar-refractivity contribution in [2.75, 3.05) is 159 Å². The van der Waals surface area contributed by atoms with E-state index in [4.69, 9.17) is 106 Å². The van der Waals surface area contributed by atoms with Crippen molar-refractivity contribution >= 4 is 44.1 Å². The van der Waals surface area contributed by atoms with Crippen molar-refractivity contribution in [3.8, 4) is 45.6 Å². The van der Waals surface area contributed by atoms with Crippen LogP contribution in [0.3, 0.4) is 0 Å². The van der Waals surface area contributed by atoms with Crippen LogP contribution in [0.1, 0.15) is 99.9 Å². The van der Waals surface area contributed by atoms with Gasteiger partial charge in [0.15, 0.2) is 23.3 Å². The number of hydrogen-bond donors (Lipinski definition) is 2. The molecule has 0 spiro atoms. The Labute approximate surface area is 562 Å². The molecule has 0 saturated carbocycles. The fraction of sp³-hybridized carbons (Fsp3) is 0.556. The molecule has 96 heavy (non-hydrogen) atoms. The summed E-state index contributed by atoms with van der Waals surface area (Å²) in [7, 11) is 0. The highest BCUT2D eigenvalue weighted by atomic mass is 16.6. The van der Waals surface area contributed by atoms with Crippen LogP contribution in [-0.2, 0) is 129 Å². The van der Waals surface area contributed by atoms with Gasteiger partial charge in [-0.15, -0.1) is 0 Å². The van der Waals surface area contributed by atoms with Crippen LogP contribution < -0.4 is 0 Å². The van der Waals surface area contributed by atoms with Crippen LogP contribution in [0.25, 0.3) is 89.7 Å². The maximum absolute atomic E-state index is 6.32. The number of aromatic nitrogens is 8. The van der Waals surface area contributed by atoms with Gasteiger partial charge in [0.2, 0.25) is 0 Å². The number of rotatable bonds is 48. The van der Waals surface area contributed by atoms with Gasteiger partial charge in [0.1, 0.15) is 22.6 Å². The number of hydrogen-bond acceptors (Lipinski definition) is 22. The zero-order valence-corrected chi connectivity index (χ0v) is 57.5. The van der Waals surface area contributed by atoms with E-state index in [0.717, 1.165) is 88.3 Å². The van der Waals surface area contributed by atoms with Crippen molar-refractivity contribution < 1.29 is 75.8 Å². The van der Waals surface area contributed by atoms with Gasteiger partial charge in [-0.1, -0.05) is 0 Å². The highest BCUT2D eigenvalue weighted by Gasteiger charge is 2.27. The van der Waals surface area contributed by atoms with Gasteiger partial charge >= 0.3 is 0 Å². The van der Waals surface area contributed by atoms with E-state index in [2.05, 4.69) is 58.5 Å². The van der Waals surface area contributed by atoms with Gasteiger partial charge in [-0.2, -0.15) is 0 Å². The molecule has 2 aliphatic rings. The van der Waals surface area contributed by atoms with E-state index in [0.29, 0.717) is 204 Å². The van der Waals surface area contributed by atoms with E-state index in [1.54, 1.807) is 0 Å². The zero-order chi connectivity index (χ0) is 67.1. The summed E-state index contributed by atoms with van der Waals surface area (Å²) in [4.78, 5) is 40.3. The van der Waals surface area contributed by atoms with Crippen LogP contribution in [0.4, 0.5) is 0 Å². The highest BCUT2D eigenvalue weighted by molar-refractivity contribution is 6.07. The SMILES string of the molecule is CCOCCOCc1cc2c(cc1COCCOCC)-c1nc-2nc2[nH]c(nc3nc(nc4[nH]c(n1)c1cc(COCCOCC)c(COCCOCC)cc41)-c1cc(COCCOCC)c(COCCOCC)cc1-3)c1cc(COCCOCC)c(COCCOCC)cc21. The van der Waals surface area contributed by atoms with Gasteiger partial charge in [0.05, 0.1) is 159 Å². The second-order valence-corrected chi connectivity index (χ2v) is 22.3. The maximum atomic E-state index is 6.32. The van der Waals surface area contributed by atoms with Crippen molar-refractivity contribution in [2.45, 2.75) is 108 Å². The van der Waals surface area contributed by atoms with Crippen molar-refractivity contribution in [3.63, 3.8) is 0 Å². The zero-order valence-electron chi connectivity index (χ0n) is 57.5. The lowest BCUT2D eigenvalue weighted by molar-refractivity contribution is 0.0385. The first-order chi connectivity index (χ1) is 47.3. The minimum Gasteiger partial charge on any atom is -0.379 e. The van der Waals surface area contributed by atoms with Crippen molar-refractivity contribution in [1.29, 1.82) is 0 Å². The maximum Gasteiger partial charge on any atom is 0.164 e. The number of fused-ring (bicyclic) bond motifs is 20. The molecule has 0 fully saturated rings. The standard InChI is InChI=1S/C72H98N8O16/c1-9-81-17-25-89-41-49-33-57-58(34-50(49)42-90-26-18-82-10-2)66-73-65(57)77-67-59-35-51(43-91-27-19-83-11-3)52(44-92-28-20-84-12-4)36-60(59)69(74-67)79-71-63-39-55(47-95-31-23-87-15-7)56(48-96-32-24-88-16-8)40-64(63)72(76-71)80-70-62-38-54(46-94-30-22-86-14-6)53(45-93-29-21-85-13-5)37-61(62)68(75-70)78-66/h33-40H,9-32,41-48H2,1-8H3,(H2,73,74,75,76,77,78,79,80). The predicted octanol–water partition coefficient (Wildman–Crippen LogP) is 11.3. The monoisotopic (exact) mass is 1330 g/mol. The van der Waals surface area contributed by atoms with Crippen LogP contribution in [0, 0.1) is 0 Å². The summed E-state index contributed by atoms with van der Waals surface area (Å²) in [5.74, 6) is 1.62. The number of ether oxygens (including phenoxy) is 16. The average Bonchev–Trinajstić information content (AvgIpc) is 1.60. The second-order valence-electron chi connectivity index (χ2n) is 22.3. The number of nitrogens with zero attached hydrogens (tertiary/aromatic N) is 6. The van der Waals surface area contributed by atoms with Crippen LogP contribution in [0.15, 0.2) is 48.5 Å². The molecule has 2 aliphatic heterocycles. The second kappa shape index (κ2) is 40.5. The lowest BCUT2D eigenvalue weighted by Gasteiger charge is -2.14. The first kappa shape index (κ1) is 73.8. The van der Waals surface area contributed by atoms with Crippen LogP contribution >= 0.6 is 0 Å². The molecule has 3 aromatic heterocycles. The summed E-state index contributed by atoms with van der Waals surface area (Å²) in [6.45, 7) is 29.3. The summed E-state index contributed by atoms with van der Waals surface area (Å²) in [5, 5.41) is 3.04. The normalized spacial score (nSPS) is 12.1. The molecule has 2 N–H and O–H groups in total. The quantitative estimate of drug-likeness (QED) is 0.0336. The van der Waals surface area contributed by atoms with Crippen LogP contribution in [-0.4, -0.2) is 198 Å². The minimum absolute atomic E-state index is 0.270. The van der Waals surface area contributed by atoms with Crippen LogP contribution in [0.5, 0.6) is 0 Å². The molecule has 7 aromatic rings. The number of H-pyrrole nitrogens is 2. The molecule has 0 saturated heterocycles. The molecule has 9 rings (SSSR count). The molecule has 8 bridgehead atoms. The Morgan fingerprint density at radius 2 is 0.365 bits per heavy atom. The third-order valence-electron chi connectivity index (χ3n) is 15.8. The fourth-order valence-electron chi connectivity index (χ4n) is 11.0. The minimum atomic E-state index is 0.270. The lowest BCUT2D eigenvalue weighted by Crippen LogP contribution is -2.08. The summed E-state index contributed by atoms with van der Waals surface area (Å²) in [6.07, 6.45) is 0. The molecule has 24 nitrogen and oxygen atoms in total. The molecular weight excluding hydrogens is 1230 g/mol. The Kier molecular flexibility index (Phi) is 31.1. The van der Waals surface area contributed by atoms with Gasteiger partial charge in [-0.25, -0.2) is 29.9 Å². The molecule has 0 atom stereocenters. The molecule has 5 heterocycles. The third-order valence-corrected chi connectivity index (χ3v) is 15.8. The first-order valence-corrected chi connectivity index (χ1v) is 34.0. The van der Waals surface area contributed by atoms with Crippen molar-refractivity contribution in [1.82, 2.24) is 39.9 Å². The smallest absolute Gasteiger partial charge is 0.164 e. The van der Waals surface area contributed by atoms with Crippen molar-refractivity contribution in [2.24, 2.45) is 0 Å². The highest BCUT2D eigenvalue weighted by Crippen LogP contribution is 2.41. The van der Waals surface area contributed by atoms with Gasteiger partial charge in [-0.05, 0) is 148 Å². The molecule has 0 radical (unpaired) electrons. The predicted molar refractivity (Wildman–Crippen MR) is 365 cm³/mol. The number of aromatic amines is 2. The largest absolute Gasteiger partial charge is 0.379 e. The van der Waals surface area contributed by atoms with Gasteiger partial charge in [0, 0.05) is 96.7 Å². The number of nitrogens with one attached hydrogen (secondary N) is 2. The molecule has 0 amide bonds. The molecule has 0 aliphatic carbocycles. The summed E-state index contributed by atoms with van der Waals surface area (Å²) >= 11 is 0. The van der Waals surface area contributed by atoms with E-state index in [-0.39, 0.29) is 52.9 Å². The van der Waals surface area contributed by atoms with E-state index in [1.165, 1.54) is 0 Å². The third kappa shape index (κ3) is 20.8. The molecule has 24 heteroatoms. The lowest BCUT2D eigenvalue weighted by atomic mass is 9.99.